The van der Waals surface area contributed by atoms with Crippen LogP contribution in [0.15, 0.2) is 0 Å². The first-order valence-electron chi connectivity index (χ1n) is 6.01. The van der Waals surface area contributed by atoms with Crippen LogP contribution in [0.25, 0.3) is 0 Å². The Bertz CT molecular complexity index is 212. The van der Waals surface area contributed by atoms with Crippen molar-refractivity contribution in [3.63, 3.8) is 0 Å². The number of hydrogen-bond donors (Lipinski definition) is 1. The van der Waals surface area contributed by atoms with E-state index in [2.05, 4.69) is 12.2 Å². The van der Waals surface area contributed by atoms with Crippen LogP contribution < -0.4 is 5.32 Å². The van der Waals surface area contributed by atoms with Crippen LogP contribution in [0.5, 0.6) is 0 Å². The Morgan fingerprint density at radius 3 is 2.60 bits per heavy atom. The van der Waals surface area contributed by atoms with Gasteiger partial charge in [0.2, 0.25) is 0 Å². The molecule has 1 N–H and O–H groups in total. The number of esters is 1. The SMILES string of the molecule is CCOC(=O)CC(C)NCC1(CC)CC1. The van der Waals surface area contributed by atoms with Gasteiger partial charge in [0.1, 0.15) is 0 Å². The third-order valence-corrected chi connectivity index (χ3v) is 3.31. The molecule has 1 atom stereocenters. The minimum Gasteiger partial charge on any atom is -0.466 e. The van der Waals surface area contributed by atoms with Crippen molar-refractivity contribution in [3.8, 4) is 0 Å². The molecule has 0 saturated heterocycles. The van der Waals surface area contributed by atoms with Gasteiger partial charge in [-0.3, -0.25) is 4.79 Å². The van der Waals surface area contributed by atoms with Crippen molar-refractivity contribution in [1.82, 2.24) is 5.32 Å². The van der Waals surface area contributed by atoms with Gasteiger partial charge in [0.25, 0.3) is 0 Å². The summed E-state index contributed by atoms with van der Waals surface area (Å²) in [5.41, 5.74) is 0.545. The van der Waals surface area contributed by atoms with Crippen molar-refractivity contribution < 1.29 is 9.53 Å². The number of hydrogen-bond acceptors (Lipinski definition) is 3. The summed E-state index contributed by atoms with van der Waals surface area (Å²) in [6, 6.07) is 0.230. The molecule has 3 heteroatoms. The van der Waals surface area contributed by atoms with Crippen LogP contribution in [0.4, 0.5) is 0 Å². The number of ether oxygens (including phenoxy) is 1. The summed E-state index contributed by atoms with van der Waals surface area (Å²) >= 11 is 0. The maximum atomic E-state index is 11.2. The van der Waals surface area contributed by atoms with E-state index in [0.29, 0.717) is 18.4 Å². The molecule has 0 amide bonds. The van der Waals surface area contributed by atoms with E-state index >= 15 is 0 Å². The molecule has 1 fully saturated rings. The molecule has 0 radical (unpaired) electrons. The van der Waals surface area contributed by atoms with Crippen LogP contribution in [0.2, 0.25) is 0 Å². The average molecular weight is 213 g/mol. The van der Waals surface area contributed by atoms with Gasteiger partial charge in [-0.25, -0.2) is 0 Å². The van der Waals surface area contributed by atoms with Crippen LogP contribution in [0, 0.1) is 5.41 Å². The first kappa shape index (κ1) is 12.5. The number of carbonyl (C=O) groups is 1. The Balaban J connectivity index is 2.13. The molecule has 0 bridgehead atoms. The van der Waals surface area contributed by atoms with E-state index in [0.717, 1.165) is 6.54 Å². The highest BCUT2D eigenvalue weighted by Gasteiger charge is 2.40. The summed E-state index contributed by atoms with van der Waals surface area (Å²) in [7, 11) is 0. The molecule has 0 heterocycles. The van der Waals surface area contributed by atoms with Gasteiger partial charge in [-0.15, -0.1) is 0 Å². The topological polar surface area (TPSA) is 38.3 Å². The lowest BCUT2D eigenvalue weighted by molar-refractivity contribution is -0.143. The Hall–Kier alpha value is -0.570. The molecule has 1 aliphatic rings. The minimum atomic E-state index is -0.0983. The van der Waals surface area contributed by atoms with Crippen molar-refractivity contribution in [3.05, 3.63) is 0 Å². The van der Waals surface area contributed by atoms with Crippen LogP contribution in [0.1, 0.15) is 46.5 Å². The smallest absolute Gasteiger partial charge is 0.307 e. The molecule has 1 rings (SSSR count). The molecule has 88 valence electrons. The van der Waals surface area contributed by atoms with Crippen LogP contribution in [-0.4, -0.2) is 25.2 Å². The van der Waals surface area contributed by atoms with Crippen LogP contribution in [0.3, 0.4) is 0 Å². The predicted octanol–water partition coefficient (Wildman–Crippen LogP) is 2.11. The quantitative estimate of drug-likeness (QED) is 0.658. The fraction of sp³-hybridized carbons (Fsp3) is 0.917. The fourth-order valence-corrected chi connectivity index (χ4v) is 1.76. The summed E-state index contributed by atoms with van der Waals surface area (Å²) in [6.07, 6.45) is 4.39. The van der Waals surface area contributed by atoms with Crippen LogP contribution >= 0.6 is 0 Å². The van der Waals surface area contributed by atoms with Gasteiger partial charge < -0.3 is 10.1 Å². The van der Waals surface area contributed by atoms with Gasteiger partial charge in [0, 0.05) is 12.6 Å². The van der Waals surface area contributed by atoms with Gasteiger partial charge in [-0.2, -0.15) is 0 Å². The second-order valence-electron chi connectivity index (χ2n) is 4.64. The first-order chi connectivity index (χ1) is 7.12. The third-order valence-electron chi connectivity index (χ3n) is 3.31. The molecule has 0 aromatic heterocycles. The zero-order valence-electron chi connectivity index (χ0n) is 10.1. The number of nitrogens with one attached hydrogen (secondary N) is 1. The van der Waals surface area contributed by atoms with Crippen LogP contribution in [-0.2, 0) is 9.53 Å². The molecular formula is C12H23NO2. The molecule has 0 spiro atoms. The maximum Gasteiger partial charge on any atom is 0.307 e. The molecule has 15 heavy (non-hydrogen) atoms. The molecule has 1 saturated carbocycles. The third kappa shape index (κ3) is 4.20. The summed E-state index contributed by atoms with van der Waals surface area (Å²) in [4.78, 5) is 11.2. The highest BCUT2D eigenvalue weighted by molar-refractivity contribution is 5.69. The van der Waals surface area contributed by atoms with E-state index in [1.165, 1.54) is 19.3 Å². The standard InChI is InChI=1S/C12H23NO2/c1-4-12(6-7-12)9-13-10(3)8-11(14)15-5-2/h10,13H,4-9H2,1-3H3. The van der Waals surface area contributed by atoms with E-state index in [1.807, 2.05) is 13.8 Å². The second-order valence-corrected chi connectivity index (χ2v) is 4.64. The lowest BCUT2D eigenvalue weighted by Crippen LogP contribution is -2.33. The minimum absolute atomic E-state index is 0.0983. The van der Waals surface area contributed by atoms with Gasteiger partial charge >= 0.3 is 5.97 Å². The Labute approximate surface area is 92.6 Å². The van der Waals surface area contributed by atoms with E-state index in [4.69, 9.17) is 4.74 Å². The normalized spacial score (nSPS) is 19.7. The van der Waals surface area contributed by atoms with Crippen molar-refractivity contribution in [1.29, 1.82) is 0 Å². The van der Waals surface area contributed by atoms with E-state index < -0.39 is 0 Å². The lowest BCUT2D eigenvalue weighted by atomic mass is 10.0. The van der Waals surface area contributed by atoms with E-state index in [1.54, 1.807) is 0 Å². The molecule has 3 nitrogen and oxygen atoms in total. The molecule has 1 unspecified atom stereocenters. The highest BCUT2D eigenvalue weighted by Crippen LogP contribution is 2.47. The Kier molecular flexibility index (Phi) is 4.58. The monoisotopic (exact) mass is 213 g/mol. The summed E-state index contributed by atoms with van der Waals surface area (Å²) in [5.74, 6) is -0.0983. The van der Waals surface area contributed by atoms with Gasteiger partial charge in [0.05, 0.1) is 13.0 Å². The molecule has 0 aromatic carbocycles. The van der Waals surface area contributed by atoms with E-state index in [9.17, 15) is 4.79 Å². The van der Waals surface area contributed by atoms with Crippen molar-refractivity contribution >= 4 is 5.97 Å². The number of carbonyl (C=O) groups excluding carboxylic acids is 1. The first-order valence-corrected chi connectivity index (χ1v) is 6.01. The molecule has 0 aliphatic heterocycles. The average Bonchev–Trinajstić information content (AvgIpc) is 2.96. The Morgan fingerprint density at radius 2 is 2.13 bits per heavy atom. The summed E-state index contributed by atoms with van der Waals surface area (Å²) in [6.45, 7) is 7.65. The highest BCUT2D eigenvalue weighted by atomic mass is 16.5. The predicted molar refractivity (Wildman–Crippen MR) is 60.7 cm³/mol. The zero-order chi connectivity index (χ0) is 11.3. The largest absolute Gasteiger partial charge is 0.466 e. The lowest BCUT2D eigenvalue weighted by Gasteiger charge is -2.18. The van der Waals surface area contributed by atoms with Gasteiger partial charge in [0.15, 0.2) is 0 Å². The molecule has 0 aromatic rings. The summed E-state index contributed by atoms with van der Waals surface area (Å²) in [5, 5.41) is 3.42. The van der Waals surface area contributed by atoms with Crippen molar-refractivity contribution in [2.45, 2.75) is 52.5 Å². The zero-order valence-corrected chi connectivity index (χ0v) is 10.1. The molecule has 1 aliphatic carbocycles. The molecular weight excluding hydrogens is 190 g/mol. The Morgan fingerprint density at radius 1 is 1.47 bits per heavy atom. The van der Waals surface area contributed by atoms with E-state index in [-0.39, 0.29) is 12.0 Å². The van der Waals surface area contributed by atoms with Gasteiger partial charge in [-0.05, 0) is 38.5 Å². The summed E-state index contributed by atoms with van der Waals surface area (Å²) < 4.78 is 4.91. The van der Waals surface area contributed by atoms with Crippen molar-refractivity contribution in [2.24, 2.45) is 5.41 Å². The maximum absolute atomic E-state index is 11.2. The second kappa shape index (κ2) is 5.50. The fourth-order valence-electron chi connectivity index (χ4n) is 1.76. The van der Waals surface area contributed by atoms with Gasteiger partial charge in [-0.1, -0.05) is 6.92 Å². The van der Waals surface area contributed by atoms with Crippen molar-refractivity contribution in [2.75, 3.05) is 13.2 Å². The number of rotatable bonds is 7.